The molecule has 0 radical (unpaired) electrons. The summed E-state index contributed by atoms with van der Waals surface area (Å²) in [7, 11) is 0. The smallest absolute Gasteiger partial charge is 0.165 e. The number of pyridine rings is 1. The lowest BCUT2D eigenvalue weighted by Gasteiger charge is -2.27. The summed E-state index contributed by atoms with van der Waals surface area (Å²) in [5.74, 6) is 1.83. The molecule has 1 atom stereocenters. The Morgan fingerprint density at radius 3 is 2.69 bits per heavy atom. The van der Waals surface area contributed by atoms with Gasteiger partial charge >= 0.3 is 0 Å². The number of hydrogen-bond donors (Lipinski definition) is 1. The van der Waals surface area contributed by atoms with Gasteiger partial charge in [-0.05, 0) is 50.6 Å². The predicted octanol–water partition coefficient (Wildman–Crippen LogP) is 5.28. The number of aromatic nitrogens is 3. The number of hydrogen-bond acceptors (Lipinski definition) is 4. The molecule has 0 fully saturated rings. The molecule has 1 unspecified atom stereocenters. The van der Waals surface area contributed by atoms with E-state index in [9.17, 15) is 0 Å². The summed E-state index contributed by atoms with van der Waals surface area (Å²) >= 11 is 0. The average molecular weight is 384 g/mol. The first-order chi connectivity index (χ1) is 14.1. The number of nitrogens with one attached hydrogen (secondary N) is 1. The standard InChI is InChI=1S/C24H24N4O/c1-15-9-10-21-19(13-15)20(11-12-29-21)25-22-14-16(2)23-17(3)27-28(24(23)26-22)18-7-5-4-6-8-18/h4-10,13-14,20H,11-12H2,1-3H3,(H,25,26). The highest BCUT2D eigenvalue weighted by atomic mass is 16.5. The van der Waals surface area contributed by atoms with E-state index in [0.29, 0.717) is 6.61 Å². The number of nitrogens with zero attached hydrogens (tertiary/aromatic N) is 3. The van der Waals surface area contributed by atoms with Gasteiger partial charge < -0.3 is 10.1 Å². The molecule has 0 saturated carbocycles. The SMILES string of the molecule is Cc1ccc2c(c1)C(Nc1cc(C)c3c(C)nn(-c4ccccc4)c3n1)CCO2. The Kier molecular flexibility index (Phi) is 4.23. The lowest BCUT2D eigenvalue weighted by molar-refractivity contribution is 0.274. The highest BCUT2D eigenvalue weighted by molar-refractivity contribution is 5.85. The van der Waals surface area contributed by atoms with Crippen LogP contribution in [0.2, 0.25) is 0 Å². The van der Waals surface area contributed by atoms with Gasteiger partial charge in [-0.25, -0.2) is 9.67 Å². The average Bonchev–Trinajstić information content (AvgIpc) is 3.06. The van der Waals surface area contributed by atoms with Crippen LogP contribution in [-0.4, -0.2) is 21.4 Å². The van der Waals surface area contributed by atoms with Crippen LogP contribution in [0.3, 0.4) is 0 Å². The van der Waals surface area contributed by atoms with Crippen molar-refractivity contribution in [2.24, 2.45) is 0 Å². The molecule has 0 amide bonds. The molecular formula is C24H24N4O. The Bertz CT molecular complexity index is 1200. The second-order valence-electron chi connectivity index (χ2n) is 7.73. The number of fused-ring (bicyclic) bond motifs is 2. The third-order valence-electron chi connectivity index (χ3n) is 5.54. The highest BCUT2D eigenvalue weighted by Gasteiger charge is 2.23. The number of aryl methyl sites for hydroxylation is 3. The van der Waals surface area contributed by atoms with Gasteiger partial charge in [0.2, 0.25) is 0 Å². The van der Waals surface area contributed by atoms with Crippen molar-refractivity contribution < 1.29 is 4.74 Å². The highest BCUT2D eigenvalue weighted by Crippen LogP contribution is 2.35. The minimum Gasteiger partial charge on any atom is -0.493 e. The van der Waals surface area contributed by atoms with Crippen LogP contribution in [0, 0.1) is 20.8 Å². The topological polar surface area (TPSA) is 52.0 Å². The van der Waals surface area contributed by atoms with Gasteiger partial charge in [-0.15, -0.1) is 0 Å². The molecule has 3 heterocycles. The molecule has 0 bridgehead atoms. The molecule has 5 nitrogen and oxygen atoms in total. The first kappa shape index (κ1) is 17.7. The maximum Gasteiger partial charge on any atom is 0.165 e. The van der Waals surface area contributed by atoms with Crippen molar-refractivity contribution in [1.29, 1.82) is 0 Å². The lowest BCUT2D eigenvalue weighted by atomic mass is 9.98. The zero-order valence-electron chi connectivity index (χ0n) is 16.9. The Morgan fingerprint density at radius 2 is 1.86 bits per heavy atom. The van der Waals surface area contributed by atoms with E-state index in [1.165, 1.54) is 16.7 Å². The summed E-state index contributed by atoms with van der Waals surface area (Å²) in [6.45, 7) is 6.99. The molecule has 0 saturated heterocycles. The second-order valence-corrected chi connectivity index (χ2v) is 7.73. The van der Waals surface area contributed by atoms with Crippen LogP contribution in [0.1, 0.15) is 34.8 Å². The van der Waals surface area contributed by atoms with Gasteiger partial charge in [-0.1, -0.05) is 35.9 Å². The molecule has 1 aliphatic rings. The van der Waals surface area contributed by atoms with Crippen LogP contribution in [-0.2, 0) is 0 Å². The molecule has 1 aliphatic heterocycles. The monoisotopic (exact) mass is 384 g/mol. The van der Waals surface area contributed by atoms with E-state index >= 15 is 0 Å². The van der Waals surface area contributed by atoms with Gasteiger partial charge in [0.15, 0.2) is 5.65 Å². The minimum atomic E-state index is 0.178. The number of rotatable bonds is 3. The first-order valence-electron chi connectivity index (χ1n) is 10.0. The quantitative estimate of drug-likeness (QED) is 0.522. The normalized spacial score (nSPS) is 15.8. The van der Waals surface area contributed by atoms with Gasteiger partial charge in [-0.2, -0.15) is 5.10 Å². The molecule has 0 spiro atoms. The zero-order chi connectivity index (χ0) is 20.0. The van der Waals surface area contributed by atoms with Gasteiger partial charge in [0.05, 0.1) is 24.0 Å². The van der Waals surface area contributed by atoms with Crippen molar-refractivity contribution in [3.05, 3.63) is 77.0 Å². The molecular weight excluding hydrogens is 360 g/mol. The molecule has 146 valence electrons. The molecule has 2 aromatic heterocycles. The van der Waals surface area contributed by atoms with Crippen LogP contribution in [0.15, 0.2) is 54.6 Å². The second kappa shape index (κ2) is 6.92. The lowest BCUT2D eigenvalue weighted by Crippen LogP contribution is -2.21. The van der Waals surface area contributed by atoms with Crippen molar-refractivity contribution in [2.75, 3.05) is 11.9 Å². The van der Waals surface area contributed by atoms with E-state index < -0.39 is 0 Å². The summed E-state index contributed by atoms with van der Waals surface area (Å²) < 4.78 is 7.78. The predicted molar refractivity (Wildman–Crippen MR) is 116 cm³/mol. The fraction of sp³-hybridized carbons (Fsp3) is 0.250. The summed E-state index contributed by atoms with van der Waals surface area (Å²) in [5, 5.41) is 9.53. The molecule has 5 heteroatoms. The largest absolute Gasteiger partial charge is 0.493 e. The van der Waals surface area contributed by atoms with Crippen LogP contribution in [0.5, 0.6) is 5.75 Å². The van der Waals surface area contributed by atoms with E-state index in [1.54, 1.807) is 0 Å². The van der Waals surface area contributed by atoms with Crippen LogP contribution in [0.4, 0.5) is 5.82 Å². The van der Waals surface area contributed by atoms with Gasteiger partial charge in [0.1, 0.15) is 11.6 Å². The summed E-state index contributed by atoms with van der Waals surface area (Å²) in [5.41, 5.74) is 6.50. The van der Waals surface area contributed by atoms with E-state index in [1.807, 2.05) is 29.8 Å². The fourth-order valence-electron chi connectivity index (χ4n) is 4.17. The molecule has 29 heavy (non-hydrogen) atoms. The zero-order valence-corrected chi connectivity index (χ0v) is 16.9. The summed E-state index contributed by atoms with van der Waals surface area (Å²) in [6.07, 6.45) is 0.909. The van der Waals surface area contributed by atoms with Gasteiger partial charge in [0.25, 0.3) is 0 Å². The van der Waals surface area contributed by atoms with Crippen LogP contribution >= 0.6 is 0 Å². The Balaban J connectivity index is 1.58. The molecule has 0 aliphatic carbocycles. The maximum atomic E-state index is 5.85. The molecule has 4 aromatic rings. The maximum absolute atomic E-state index is 5.85. The van der Waals surface area contributed by atoms with Gasteiger partial charge in [-0.3, -0.25) is 0 Å². The Morgan fingerprint density at radius 1 is 1.03 bits per heavy atom. The number of ether oxygens (including phenoxy) is 1. The van der Waals surface area contributed by atoms with Crippen molar-refractivity contribution in [3.8, 4) is 11.4 Å². The molecule has 5 rings (SSSR count). The Hall–Kier alpha value is -3.34. The van der Waals surface area contributed by atoms with Crippen LogP contribution < -0.4 is 10.1 Å². The van der Waals surface area contributed by atoms with Crippen LogP contribution in [0.25, 0.3) is 16.7 Å². The van der Waals surface area contributed by atoms with Crippen molar-refractivity contribution in [1.82, 2.24) is 14.8 Å². The summed E-state index contributed by atoms with van der Waals surface area (Å²) in [4.78, 5) is 4.97. The number of para-hydroxylation sites is 1. The molecule has 1 N–H and O–H groups in total. The number of anilines is 1. The van der Waals surface area contributed by atoms with Crippen molar-refractivity contribution in [2.45, 2.75) is 33.2 Å². The molecule has 2 aromatic carbocycles. The third kappa shape index (κ3) is 3.12. The minimum absolute atomic E-state index is 0.178. The fourth-order valence-corrected chi connectivity index (χ4v) is 4.17. The van der Waals surface area contributed by atoms with E-state index in [2.05, 4.69) is 55.6 Å². The Labute approximate surface area is 170 Å². The van der Waals surface area contributed by atoms with Gasteiger partial charge in [0, 0.05) is 17.4 Å². The van der Waals surface area contributed by atoms with Crippen molar-refractivity contribution in [3.63, 3.8) is 0 Å². The van der Waals surface area contributed by atoms with E-state index in [4.69, 9.17) is 14.8 Å². The summed E-state index contributed by atoms with van der Waals surface area (Å²) in [6, 6.07) is 18.8. The van der Waals surface area contributed by atoms with E-state index in [0.717, 1.165) is 40.4 Å². The first-order valence-corrected chi connectivity index (χ1v) is 10.0. The number of benzene rings is 2. The third-order valence-corrected chi connectivity index (χ3v) is 5.54. The van der Waals surface area contributed by atoms with Crippen molar-refractivity contribution >= 4 is 16.9 Å². The van der Waals surface area contributed by atoms with E-state index in [-0.39, 0.29) is 6.04 Å².